The average molecular weight is 447 g/mol. The molecule has 2 amide bonds. The third-order valence-electron chi connectivity index (χ3n) is 6.30. The number of benzene rings is 1. The van der Waals surface area contributed by atoms with E-state index >= 15 is 0 Å². The Balaban J connectivity index is 1.70. The van der Waals surface area contributed by atoms with E-state index in [-0.39, 0.29) is 29.5 Å². The Morgan fingerprint density at radius 3 is 2.66 bits per heavy atom. The number of ether oxygens (including phenoxy) is 1. The number of pyridine rings is 1. The van der Waals surface area contributed by atoms with E-state index in [9.17, 15) is 28.3 Å². The number of nitrogens with zero attached hydrogens (tertiary/aromatic N) is 2. The van der Waals surface area contributed by atoms with Gasteiger partial charge in [0.1, 0.15) is 17.2 Å². The van der Waals surface area contributed by atoms with E-state index in [1.165, 1.54) is 16.8 Å². The van der Waals surface area contributed by atoms with Crippen LogP contribution in [0.1, 0.15) is 46.2 Å². The maximum absolute atomic E-state index is 13.9. The molecule has 0 bridgehead atoms. The molecule has 2 aliphatic rings. The van der Waals surface area contributed by atoms with E-state index in [4.69, 9.17) is 4.74 Å². The Hall–Kier alpha value is -3.27. The van der Waals surface area contributed by atoms with Gasteiger partial charge in [0, 0.05) is 44.6 Å². The van der Waals surface area contributed by atoms with Gasteiger partial charge in [0.15, 0.2) is 11.4 Å². The summed E-state index contributed by atoms with van der Waals surface area (Å²) in [5, 5.41) is 13.0. The predicted octanol–water partition coefficient (Wildman–Crippen LogP) is 1.74. The number of aromatic nitrogens is 1. The quantitative estimate of drug-likeness (QED) is 0.727. The van der Waals surface area contributed by atoms with Crippen molar-refractivity contribution in [3.8, 4) is 5.75 Å². The lowest BCUT2D eigenvalue weighted by Crippen LogP contribution is -2.62. The largest absolute Gasteiger partial charge is 0.503 e. The molecule has 0 unspecified atom stereocenters. The normalized spacial score (nSPS) is 21.9. The number of rotatable bonds is 5. The second kappa shape index (κ2) is 8.01. The van der Waals surface area contributed by atoms with Crippen LogP contribution in [0.4, 0.5) is 8.78 Å². The van der Waals surface area contributed by atoms with E-state index in [1.54, 1.807) is 18.9 Å². The zero-order valence-electron chi connectivity index (χ0n) is 17.7. The molecular weight excluding hydrogens is 424 g/mol. The summed E-state index contributed by atoms with van der Waals surface area (Å²) in [6.07, 6.45) is 2.33. The molecule has 0 atom stereocenters. The lowest BCUT2D eigenvalue weighted by Gasteiger charge is -2.53. The number of hydrogen-bond donors (Lipinski definition) is 2. The fourth-order valence-corrected chi connectivity index (χ4v) is 4.47. The number of likely N-dealkylation sites (N-methyl/N-ethyl adjacent to an activating group) is 1. The van der Waals surface area contributed by atoms with Crippen LogP contribution in [0.3, 0.4) is 0 Å². The van der Waals surface area contributed by atoms with E-state index in [0.29, 0.717) is 32.0 Å². The van der Waals surface area contributed by atoms with Crippen molar-refractivity contribution in [3.05, 3.63) is 63.1 Å². The van der Waals surface area contributed by atoms with Gasteiger partial charge in [0.2, 0.25) is 5.43 Å². The maximum atomic E-state index is 13.9. The first kappa shape index (κ1) is 21.9. The van der Waals surface area contributed by atoms with Gasteiger partial charge in [0.25, 0.3) is 11.8 Å². The van der Waals surface area contributed by atoms with Gasteiger partial charge in [-0.1, -0.05) is 6.07 Å². The van der Waals surface area contributed by atoms with Crippen LogP contribution in [-0.2, 0) is 16.8 Å². The Morgan fingerprint density at radius 1 is 1.31 bits per heavy atom. The van der Waals surface area contributed by atoms with Crippen LogP contribution in [-0.4, -0.2) is 52.7 Å². The maximum Gasteiger partial charge on any atom is 0.274 e. The van der Waals surface area contributed by atoms with Gasteiger partial charge < -0.3 is 24.6 Å². The summed E-state index contributed by atoms with van der Waals surface area (Å²) in [6, 6.07) is 2.94. The summed E-state index contributed by atoms with van der Waals surface area (Å²) < 4.78 is 33.8. The van der Waals surface area contributed by atoms with Gasteiger partial charge in [-0.25, -0.2) is 8.78 Å². The topological polar surface area (TPSA) is 101 Å². The minimum absolute atomic E-state index is 0.0363. The molecule has 1 spiro atoms. The van der Waals surface area contributed by atoms with Crippen LogP contribution in [0.2, 0.25) is 0 Å². The molecule has 2 N–H and O–H groups in total. The lowest BCUT2D eigenvalue weighted by molar-refractivity contribution is -0.0693. The zero-order valence-corrected chi connectivity index (χ0v) is 17.7. The first-order valence-corrected chi connectivity index (χ1v) is 10.2. The molecule has 10 heteroatoms. The number of carbonyl (C=O) groups is 2. The number of fused-ring (bicyclic) bond motifs is 2. The summed E-state index contributed by atoms with van der Waals surface area (Å²) in [4.78, 5) is 39.9. The number of aromatic hydroxyl groups is 1. The molecular formula is C22H23F2N3O5. The Labute approximate surface area is 182 Å². The number of carbonyl (C=O) groups excluding carboxylic acids is 2. The average Bonchev–Trinajstić information content (AvgIpc) is 2.74. The van der Waals surface area contributed by atoms with Crippen molar-refractivity contribution < 1.29 is 28.2 Å². The predicted molar refractivity (Wildman–Crippen MR) is 109 cm³/mol. The molecule has 2 heterocycles. The van der Waals surface area contributed by atoms with Crippen molar-refractivity contribution in [3.63, 3.8) is 0 Å². The van der Waals surface area contributed by atoms with Gasteiger partial charge in [0.05, 0.1) is 11.6 Å². The molecule has 1 aromatic carbocycles. The molecule has 1 aliphatic heterocycles. The molecule has 1 saturated carbocycles. The summed E-state index contributed by atoms with van der Waals surface area (Å²) in [5.41, 5.74) is -2.08. The van der Waals surface area contributed by atoms with E-state index in [0.717, 1.165) is 6.07 Å². The lowest BCUT2D eigenvalue weighted by atomic mass is 9.72. The van der Waals surface area contributed by atoms with Gasteiger partial charge >= 0.3 is 0 Å². The number of methoxy groups -OCH3 is 1. The zero-order chi connectivity index (χ0) is 23.2. The van der Waals surface area contributed by atoms with Crippen LogP contribution in [0.15, 0.2) is 29.2 Å². The van der Waals surface area contributed by atoms with Gasteiger partial charge in [-0.2, -0.15) is 0 Å². The molecule has 170 valence electrons. The first-order chi connectivity index (χ1) is 15.2. The second-order valence-corrected chi connectivity index (χ2v) is 8.17. The van der Waals surface area contributed by atoms with Gasteiger partial charge in [-0.3, -0.25) is 14.4 Å². The molecule has 4 rings (SSSR count). The number of nitrogens with one attached hydrogen (secondary N) is 1. The molecule has 2 aromatic rings. The molecule has 1 aliphatic carbocycles. The van der Waals surface area contributed by atoms with Crippen molar-refractivity contribution in [1.82, 2.24) is 14.8 Å². The minimum atomic E-state index is -0.989. The van der Waals surface area contributed by atoms with Crippen LogP contribution in [0, 0.1) is 11.6 Å². The van der Waals surface area contributed by atoms with Crippen molar-refractivity contribution in [2.24, 2.45) is 0 Å². The smallest absolute Gasteiger partial charge is 0.274 e. The van der Waals surface area contributed by atoms with Crippen LogP contribution in [0.5, 0.6) is 5.75 Å². The summed E-state index contributed by atoms with van der Waals surface area (Å²) >= 11 is 0. The third kappa shape index (κ3) is 3.44. The van der Waals surface area contributed by atoms with Crippen LogP contribution < -0.4 is 10.7 Å². The highest BCUT2D eigenvalue weighted by Crippen LogP contribution is 2.45. The fraction of sp³-hybridized carbons (Fsp3) is 0.409. The highest BCUT2D eigenvalue weighted by atomic mass is 19.1. The molecule has 32 heavy (non-hydrogen) atoms. The summed E-state index contributed by atoms with van der Waals surface area (Å²) in [5.74, 6) is -3.71. The van der Waals surface area contributed by atoms with Gasteiger partial charge in [-0.15, -0.1) is 0 Å². The van der Waals surface area contributed by atoms with E-state index in [1.807, 2.05) is 0 Å². The van der Waals surface area contributed by atoms with Crippen molar-refractivity contribution in [1.29, 1.82) is 0 Å². The molecule has 0 radical (unpaired) electrons. The molecule has 8 nitrogen and oxygen atoms in total. The van der Waals surface area contributed by atoms with Crippen molar-refractivity contribution in [2.45, 2.75) is 38.0 Å². The molecule has 0 saturated heterocycles. The van der Waals surface area contributed by atoms with E-state index < -0.39 is 40.2 Å². The second-order valence-electron chi connectivity index (χ2n) is 8.17. The van der Waals surface area contributed by atoms with Gasteiger partial charge in [-0.05, 0) is 25.8 Å². The first-order valence-electron chi connectivity index (χ1n) is 10.2. The fourth-order valence-electron chi connectivity index (χ4n) is 4.47. The number of amides is 2. The SMILES string of the molecule is CCN1CC2(CC(OC)C2)n2cc(C(=O)NCc3ccc(F)cc3F)c(=O)c(O)c2C1=O. The monoisotopic (exact) mass is 447 g/mol. The summed E-state index contributed by atoms with van der Waals surface area (Å²) in [6.45, 7) is 2.28. The highest BCUT2D eigenvalue weighted by molar-refractivity contribution is 5.99. The standard InChI is InChI=1S/C22H23F2N3O5/c1-3-26-11-22(7-14(8-22)32-2)27-10-15(18(28)19(29)17(27)21(26)31)20(30)25-9-12-4-5-13(23)6-16(12)24/h4-6,10,14,29H,3,7-9,11H2,1-2H3,(H,25,30). The Kier molecular flexibility index (Phi) is 5.49. The third-order valence-corrected chi connectivity index (χ3v) is 6.30. The van der Waals surface area contributed by atoms with E-state index in [2.05, 4.69) is 5.32 Å². The summed E-state index contributed by atoms with van der Waals surface area (Å²) in [7, 11) is 1.58. The van der Waals surface area contributed by atoms with Crippen molar-refractivity contribution >= 4 is 11.8 Å². The number of hydrogen-bond acceptors (Lipinski definition) is 5. The van der Waals surface area contributed by atoms with Crippen LogP contribution in [0.25, 0.3) is 0 Å². The highest BCUT2D eigenvalue weighted by Gasteiger charge is 2.52. The Morgan fingerprint density at radius 2 is 2.03 bits per heavy atom. The Bertz CT molecular complexity index is 1160. The van der Waals surface area contributed by atoms with Crippen LogP contribution >= 0.6 is 0 Å². The van der Waals surface area contributed by atoms with Crippen molar-refractivity contribution in [2.75, 3.05) is 20.2 Å². The molecule has 1 fully saturated rings. The number of halogens is 2. The molecule has 1 aromatic heterocycles. The minimum Gasteiger partial charge on any atom is -0.503 e.